The maximum atomic E-state index is 12.3. The lowest BCUT2D eigenvalue weighted by Gasteiger charge is -2.06. The number of benzene rings is 2. The molecule has 2 aromatic rings. The molecular weight excluding hydrogens is 462 g/mol. The van der Waals surface area contributed by atoms with Gasteiger partial charge in [0.25, 0.3) is 0 Å². The molecule has 98 valence electrons. The molecule has 2 aromatic carbocycles. The van der Waals surface area contributed by atoms with Gasteiger partial charge in [0, 0.05) is 20.0 Å². The smallest absolute Gasteiger partial charge is 0.168 e. The summed E-state index contributed by atoms with van der Waals surface area (Å²) >= 11 is 17.4. The molecule has 0 spiro atoms. The molecule has 0 aromatic heterocycles. The Labute approximate surface area is 143 Å². The predicted molar refractivity (Wildman–Crippen MR) is 91.4 cm³/mol. The second-order valence-corrected chi connectivity index (χ2v) is 6.89. The van der Waals surface area contributed by atoms with Crippen LogP contribution in [-0.2, 0) is 6.42 Å². The summed E-state index contributed by atoms with van der Waals surface area (Å²) in [6.45, 7) is 0. The van der Waals surface area contributed by atoms with Crippen LogP contribution in [-0.4, -0.2) is 5.78 Å². The van der Waals surface area contributed by atoms with E-state index in [4.69, 9.17) is 23.2 Å². The first-order chi connectivity index (χ1) is 8.97. The van der Waals surface area contributed by atoms with Gasteiger partial charge >= 0.3 is 0 Å². The second-order valence-electron chi connectivity index (χ2n) is 3.97. The predicted octanol–water partition coefficient (Wildman–Crippen LogP) is 5.79. The molecule has 19 heavy (non-hydrogen) atoms. The van der Waals surface area contributed by atoms with Crippen LogP contribution >= 0.6 is 61.7 Å². The van der Waals surface area contributed by atoms with E-state index in [1.54, 1.807) is 12.1 Å². The van der Waals surface area contributed by atoms with Crippen LogP contribution in [0.5, 0.6) is 0 Å². The SMILES string of the molecule is O=C(Cc1ccc(Cl)c(Cl)c1)c1cc(I)ccc1Br. The van der Waals surface area contributed by atoms with E-state index in [1.165, 1.54) is 0 Å². The van der Waals surface area contributed by atoms with Crippen molar-refractivity contribution in [2.45, 2.75) is 6.42 Å². The van der Waals surface area contributed by atoms with Crippen LogP contribution in [0.2, 0.25) is 10.0 Å². The number of hydrogen-bond acceptors (Lipinski definition) is 1. The maximum Gasteiger partial charge on any atom is 0.168 e. The summed E-state index contributed by atoms with van der Waals surface area (Å²) in [5.74, 6) is 0.0452. The lowest BCUT2D eigenvalue weighted by Crippen LogP contribution is -2.05. The molecule has 0 heterocycles. The van der Waals surface area contributed by atoms with Crippen molar-refractivity contribution in [1.82, 2.24) is 0 Å². The van der Waals surface area contributed by atoms with Crippen LogP contribution in [0.15, 0.2) is 40.9 Å². The topological polar surface area (TPSA) is 17.1 Å². The fourth-order valence-electron chi connectivity index (χ4n) is 1.64. The summed E-state index contributed by atoms with van der Waals surface area (Å²) in [5.41, 5.74) is 1.53. The number of carbonyl (C=O) groups excluding carboxylic acids is 1. The first-order valence-corrected chi connectivity index (χ1v) is 8.02. The quantitative estimate of drug-likeness (QED) is 0.411. The highest BCUT2D eigenvalue weighted by molar-refractivity contribution is 14.1. The fourth-order valence-corrected chi connectivity index (χ4v) is 2.92. The standard InChI is InChI=1S/C14H8BrCl2IO/c15-11-3-2-9(18)7-10(11)14(19)6-8-1-4-12(16)13(17)5-8/h1-5,7H,6H2. The highest BCUT2D eigenvalue weighted by Crippen LogP contribution is 2.25. The van der Waals surface area contributed by atoms with Gasteiger partial charge in [-0.3, -0.25) is 4.79 Å². The zero-order valence-electron chi connectivity index (χ0n) is 9.59. The van der Waals surface area contributed by atoms with Gasteiger partial charge in [-0.1, -0.05) is 45.2 Å². The molecular formula is C14H8BrCl2IO. The molecule has 5 heteroatoms. The molecule has 0 aliphatic rings. The van der Waals surface area contributed by atoms with E-state index < -0.39 is 0 Å². The summed E-state index contributed by atoms with van der Waals surface area (Å²) in [5, 5.41) is 0.960. The molecule has 1 nitrogen and oxygen atoms in total. The second kappa shape index (κ2) is 6.57. The van der Waals surface area contributed by atoms with Gasteiger partial charge < -0.3 is 0 Å². The Balaban J connectivity index is 2.25. The number of rotatable bonds is 3. The van der Waals surface area contributed by atoms with Crippen molar-refractivity contribution >= 4 is 67.5 Å². The fraction of sp³-hybridized carbons (Fsp3) is 0.0714. The minimum absolute atomic E-state index is 0.0452. The van der Waals surface area contributed by atoms with Crippen molar-refractivity contribution in [3.05, 3.63) is 65.6 Å². The normalized spacial score (nSPS) is 10.5. The van der Waals surface area contributed by atoms with Crippen LogP contribution in [0.3, 0.4) is 0 Å². The lowest BCUT2D eigenvalue weighted by atomic mass is 10.0. The van der Waals surface area contributed by atoms with Crippen molar-refractivity contribution in [2.75, 3.05) is 0 Å². The van der Waals surface area contributed by atoms with E-state index in [1.807, 2.05) is 24.3 Å². The van der Waals surface area contributed by atoms with Crippen molar-refractivity contribution in [2.24, 2.45) is 0 Å². The summed E-state index contributed by atoms with van der Waals surface area (Å²) in [6, 6.07) is 10.9. The van der Waals surface area contributed by atoms with Gasteiger partial charge in [0.15, 0.2) is 5.78 Å². The Bertz CT molecular complexity index is 643. The number of halogens is 4. The summed E-state index contributed by atoms with van der Waals surface area (Å²) in [4.78, 5) is 12.3. The van der Waals surface area contributed by atoms with Crippen LogP contribution in [0.1, 0.15) is 15.9 Å². The van der Waals surface area contributed by atoms with Crippen LogP contribution < -0.4 is 0 Å². The summed E-state index contributed by atoms with van der Waals surface area (Å²) in [7, 11) is 0. The van der Waals surface area contributed by atoms with E-state index in [0.29, 0.717) is 22.0 Å². The third-order valence-electron chi connectivity index (χ3n) is 2.58. The Morgan fingerprint density at radius 3 is 2.53 bits per heavy atom. The van der Waals surface area contributed by atoms with E-state index in [0.717, 1.165) is 13.6 Å². The van der Waals surface area contributed by atoms with Gasteiger partial charge in [-0.2, -0.15) is 0 Å². The molecule has 0 unspecified atom stereocenters. The van der Waals surface area contributed by atoms with Gasteiger partial charge in [-0.15, -0.1) is 0 Å². The van der Waals surface area contributed by atoms with Gasteiger partial charge in [0.05, 0.1) is 10.0 Å². The molecule has 0 radical (unpaired) electrons. The van der Waals surface area contributed by atoms with Gasteiger partial charge in [0.1, 0.15) is 0 Å². The Hall–Kier alpha value is -0.100. The number of Topliss-reactive ketones (excluding diaryl/α,β-unsaturated/α-hetero) is 1. The van der Waals surface area contributed by atoms with Gasteiger partial charge in [-0.25, -0.2) is 0 Å². The minimum Gasteiger partial charge on any atom is -0.294 e. The molecule has 0 aliphatic heterocycles. The van der Waals surface area contributed by atoms with Crippen molar-refractivity contribution in [3.8, 4) is 0 Å². The Morgan fingerprint density at radius 2 is 1.84 bits per heavy atom. The molecule has 0 saturated heterocycles. The van der Waals surface area contributed by atoms with Crippen LogP contribution in [0.25, 0.3) is 0 Å². The van der Waals surface area contributed by atoms with Crippen molar-refractivity contribution in [1.29, 1.82) is 0 Å². The summed E-state index contributed by atoms with van der Waals surface area (Å²) < 4.78 is 1.83. The highest BCUT2D eigenvalue weighted by Gasteiger charge is 2.12. The molecule has 2 rings (SSSR count). The molecule has 0 aliphatic carbocycles. The number of carbonyl (C=O) groups is 1. The first-order valence-electron chi connectivity index (χ1n) is 5.39. The average molecular weight is 470 g/mol. The van der Waals surface area contributed by atoms with Crippen LogP contribution in [0.4, 0.5) is 0 Å². The van der Waals surface area contributed by atoms with Crippen molar-refractivity contribution in [3.63, 3.8) is 0 Å². The highest BCUT2D eigenvalue weighted by atomic mass is 127. The minimum atomic E-state index is 0.0452. The molecule has 0 fully saturated rings. The van der Waals surface area contributed by atoms with Gasteiger partial charge in [0.2, 0.25) is 0 Å². The Morgan fingerprint density at radius 1 is 1.11 bits per heavy atom. The maximum absolute atomic E-state index is 12.3. The van der Waals surface area contributed by atoms with Crippen LogP contribution in [0, 0.1) is 3.57 Å². The number of ketones is 1. The van der Waals surface area contributed by atoms with E-state index in [9.17, 15) is 4.79 Å². The molecule has 0 N–H and O–H groups in total. The zero-order valence-corrected chi connectivity index (χ0v) is 14.8. The van der Waals surface area contributed by atoms with Crippen molar-refractivity contribution < 1.29 is 4.79 Å². The van der Waals surface area contributed by atoms with E-state index >= 15 is 0 Å². The Kier molecular flexibility index (Phi) is 5.29. The molecule has 0 amide bonds. The molecule has 0 atom stereocenters. The summed E-state index contributed by atoms with van der Waals surface area (Å²) in [6.07, 6.45) is 0.301. The van der Waals surface area contributed by atoms with E-state index in [2.05, 4.69) is 38.5 Å². The zero-order chi connectivity index (χ0) is 14.0. The third kappa shape index (κ3) is 3.94. The van der Waals surface area contributed by atoms with Gasteiger partial charge in [-0.05, 0) is 58.5 Å². The third-order valence-corrected chi connectivity index (χ3v) is 4.68. The molecule has 0 bridgehead atoms. The average Bonchev–Trinajstić information content (AvgIpc) is 2.36. The monoisotopic (exact) mass is 468 g/mol. The molecule has 0 saturated carbocycles. The number of hydrogen-bond donors (Lipinski definition) is 0. The largest absolute Gasteiger partial charge is 0.294 e. The first kappa shape index (κ1) is 15.3. The lowest BCUT2D eigenvalue weighted by molar-refractivity contribution is 0.0992. The van der Waals surface area contributed by atoms with E-state index in [-0.39, 0.29) is 5.78 Å².